The second-order valence-electron chi connectivity index (χ2n) is 4.33. The van der Waals surface area contributed by atoms with E-state index in [0.717, 1.165) is 4.90 Å². The van der Waals surface area contributed by atoms with Crippen molar-refractivity contribution in [3.63, 3.8) is 0 Å². The fourth-order valence-electron chi connectivity index (χ4n) is 1.85. The lowest BCUT2D eigenvalue weighted by Gasteiger charge is -2.20. The maximum Gasteiger partial charge on any atom is 0.261 e. The van der Waals surface area contributed by atoms with Gasteiger partial charge in [0, 0.05) is 5.92 Å². The maximum absolute atomic E-state index is 12.0. The van der Waals surface area contributed by atoms with E-state index in [4.69, 9.17) is 0 Å². The van der Waals surface area contributed by atoms with Crippen LogP contribution in [0.25, 0.3) is 0 Å². The zero-order chi connectivity index (χ0) is 13.3. The van der Waals surface area contributed by atoms with Crippen molar-refractivity contribution in [2.75, 3.05) is 6.54 Å². The van der Waals surface area contributed by atoms with Crippen molar-refractivity contribution in [1.82, 2.24) is 4.90 Å². The third-order valence-corrected chi connectivity index (χ3v) is 3.07. The topological polar surface area (TPSA) is 74.7 Å². The molecule has 2 amide bonds. The Balaban J connectivity index is 2.21. The quantitative estimate of drug-likeness (QED) is 0.620. The lowest BCUT2D eigenvalue weighted by Crippen LogP contribution is -2.39. The Morgan fingerprint density at radius 2 is 1.72 bits per heavy atom. The van der Waals surface area contributed by atoms with Crippen LogP contribution in [0.1, 0.15) is 27.6 Å². The van der Waals surface area contributed by atoms with Crippen LogP contribution in [-0.4, -0.2) is 40.8 Å². The first-order chi connectivity index (χ1) is 8.56. The highest BCUT2D eigenvalue weighted by Gasteiger charge is 2.36. The normalized spacial score (nSPS) is 17.6. The molecule has 0 fully saturated rings. The molecule has 2 rings (SSSR count). The minimum Gasteiger partial charge on any atom is -0.391 e. The second-order valence-corrected chi connectivity index (χ2v) is 4.33. The smallest absolute Gasteiger partial charge is 0.261 e. The Kier molecular flexibility index (Phi) is 3.25. The van der Waals surface area contributed by atoms with E-state index in [1.165, 1.54) is 6.92 Å². The van der Waals surface area contributed by atoms with Gasteiger partial charge in [0.05, 0.1) is 23.8 Å². The third kappa shape index (κ3) is 1.93. The molecule has 1 aliphatic rings. The number of aldehydes is 1. The number of aliphatic hydroxyl groups is 1. The standard InChI is InChI=1S/C13H13NO4/c1-8(7-15)11(16)6-14-12(17)9-4-2-3-5-10(9)13(14)18/h2-5,7-8,11,16H,6H2,1H3/t8-,11+/m1/s1. The highest BCUT2D eigenvalue weighted by atomic mass is 16.3. The average molecular weight is 247 g/mol. The third-order valence-electron chi connectivity index (χ3n) is 3.07. The van der Waals surface area contributed by atoms with E-state index in [1.807, 2.05) is 0 Å². The molecule has 94 valence electrons. The number of carbonyl (C=O) groups excluding carboxylic acids is 3. The first-order valence-electron chi connectivity index (χ1n) is 5.65. The molecule has 0 aliphatic carbocycles. The van der Waals surface area contributed by atoms with Gasteiger partial charge >= 0.3 is 0 Å². The molecule has 0 saturated carbocycles. The van der Waals surface area contributed by atoms with E-state index < -0.39 is 23.8 Å². The van der Waals surface area contributed by atoms with E-state index in [-0.39, 0.29) is 6.54 Å². The van der Waals surface area contributed by atoms with Crippen LogP contribution in [0.5, 0.6) is 0 Å². The number of β-amino-alcohol motifs (C(OH)–C–C–N with tert-alkyl or cyclic N) is 1. The van der Waals surface area contributed by atoms with Crippen LogP contribution < -0.4 is 0 Å². The van der Waals surface area contributed by atoms with E-state index in [1.54, 1.807) is 24.3 Å². The van der Waals surface area contributed by atoms with Gasteiger partial charge in [0.2, 0.25) is 0 Å². The minimum atomic E-state index is -1.04. The van der Waals surface area contributed by atoms with Crippen LogP contribution in [0.3, 0.4) is 0 Å². The van der Waals surface area contributed by atoms with Gasteiger partial charge in [0.15, 0.2) is 0 Å². The lowest BCUT2D eigenvalue weighted by molar-refractivity contribution is -0.113. The van der Waals surface area contributed by atoms with Crippen LogP contribution in [0.2, 0.25) is 0 Å². The molecular formula is C13H13NO4. The van der Waals surface area contributed by atoms with E-state index >= 15 is 0 Å². The van der Waals surface area contributed by atoms with Gasteiger partial charge in [-0.25, -0.2) is 0 Å². The summed E-state index contributed by atoms with van der Waals surface area (Å²) in [5, 5.41) is 9.72. The highest BCUT2D eigenvalue weighted by Crippen LogP contribution is 2.23. The van der Waals surface area contributed by atoms with Gasteiger partial charge in [0.25, 0.3) is 11.8 Å². The Morgan fingerprint density at radius 1 is 1.22 bits per heavy atom. The van der Waals surface area contributed by atoms with Crippen molar-refractivity contribution in [1.29, 1.82) is 0 Å². The summed E-state index contributed by atoms with van der Waals surface area (Å²) in [5.74, 6) is -1.46. The molecule has 0 bridgehead atoms. The lowest BCUT2D eigenvalue weighted by atomic mass is 10.1. The Hall–Kier alpha value is -2.01. The summed E-state index contributed by atoms with van der Waals surface area (Å²) >= 11 is 0. The molecule has 5 heteroatoms. The summed E-state index contributed by atoms with van der Waals surface area (Å²) in [6, 6.07) is 6.51. The number of imide groups is 1. The zero-order valence-corrected chi connectivity index (χ0v) is 9.87. The highest BCUT2D eigenvalue weighted by molar-refractivity contribution is 6.21. The molecular weight excluding hydrogens is 234 g/mol. The van der Waals surface area contributed by atoms with Gasteiger partial charge in [0.1, 0.15) is 6.29 Å². The number of fused-ring (bicyclic) bond motifs is 1. The van der Waals surface area contributed by atoms with E-state index in [9.17, 15) is 19.5 Å². The van der Waals surface area contributed by atoms with Gasteiger partial charge < -0.3 is 9.90 Å². The molecule has 1 aromatic carbocycles. The predicted molar refractivity (Wildman–Crippen MR) is 63.0 cm³/mol. The number of rotatable bonds is 4. The van der Waals surface area contributed by atoms with Gasteiger partial charge in [-0.05, 0) is 12.1 Å². The average Bonchev–Trinajstić information content (AvgIpc) is 2.63. The molecule has 5 nitrogen and oxygen atoms in total. The maximum atomic E-state index is 12.0. The summed E-state index contributed by atoms with van der Waals surface area (Å²) in [7, 11) is 0. The number of benzene rings is 1. The summed E-state index contributed by atoms with van der Waals surface area (Å²) in [6.07, 6.45) is -0.437. The summed E-state index contributed by atoms with van der Waals surface area (Å²) < 4.78 is 0. The van der Waals surface area contributed by atoms with E-state index in [0.29, 0.717) is 17.4 Å². The Bertz CT molecular complexity index is 476. The Labute approximate surface area is 104 Å². The second kappa shape index (κ2) is 4.70. The SMILES string of the molecule is C[C@H](C=O)[C@@H](O)CN1C(=O)c2ccccc2C1=O. The summed E-state index contributed by atoms with van der Waals surface area (Å²) in [5.41, 5.74) is 0.682. The number of nitrogens with zero attached hydrogens (tertiary/aromatic N) is 1. The molecule has 2 atom stereocenters. The van der Waals surface area contributed by atoms with Gasteiger partial charge in [-0.1, -0.05) is 19.1 Å². The molecule has 18 heavy (non-hydrogen) atoms. The van der Waals surface area contributed by atoms with Crippen LogP contribution in [0.15, 0.2) is 24.3 Å². The molecule has 1 aromatic rings. The van der Waals surface area contributed by atoms with Gasteiger partial charge in [-0.2, -0.15) is 0 Å². The fourth-order valence-corrected chi connectivity index (χ4v) is 1.85. The number of aliphatic hydroxyl groups excluding tert-OH is 1. The van der Waals surface area contributed by atoms with Gasteiger partial charge in [-0.15, -0.1) is 0 Å². The van der Waals surface area contributed by atoms with Crippen LogP contribution in [-0.2, 0) is 4.79 Å². The molecule has 0 aromatic heterocycles. The van der Waals surface area contributed by atoms with Gasteiger partial charge in [-0.3, -0.25) is 14.5 Å². The monoisotopic (exact) mass is 247 g/mol. The number of hydrogen-bond acceptors (Lipinski definition) is 4. The van der Waals surface area contributed by atoms with Crippen molar-refractivity contribution in [3.8, 4) is 0 Å². The van der Waals surface area contributed by atoms with Crippen LogP contribution >= 0.6 is 0 Å². The molecule has 1 heterocycles. The van der Waals surface area contributed by atoms with E-state index in [2.05, 4.69) is 0 Å². The van der Waals surface area contributed by atoms with Crippen LogP contribution in [0.4, 0.5) is 0 Å². The summed E-state index contributed by atoms with van der Waals surface area (Å²) in [4.78, 5) is 35.5. The van der Waals surface area contributed by atoms with Crippen LogP contribution in [0, 0.1) is 5.92 Å². The zero-order valence-electron chi connectivity index (χ0n) is 9.87. The molecule has 0 saturated heterocycles. The predicted octanol–water partition coefficient (Wildman–Crippen LogP) is 0.479. The first kappa shape index (κ1) is 12.4. The van der Waals surface area contributed by atoms with Crippen molar-refractivity contribution < 1.29 is 19.5 Å². The molecule has 1 aliphatic heterocycles. The molecule has 0 unspecified atom stereocenters. The Morgan fingerprint density at radius 3 is 2.17 bits per heavy atom. The molecule has 1 N–H and O–H groups in total. The molecule has 0 spiro atoms. The van der Waals surface area contributed by atoms with Crippen molar-refractivity contribution in [2.45, 2.75) is 13.0 Å². The first-order valence-corrected chi connectivity index (χ1v) is 5.65. The largest absolute Gasteiger partial charge is 0.391 e. The molecule has 0 radical (unpaired) electrons. The number of carbonyl (C=O) groups is 3. The van der Waals surface area contributed by atoms with Crippen molar-refractivity contribution >= 4 is 18.1 Å². The van der Waals surface area contributed by atoms with Crippen molar-refractivity contribution in [2.24, 2.45) is 5.92 Å². The minimum absolute atomic E-state index is 0.160. The fraction of sp³-hybridized carbons (Fsp3) is 0.308. The number of hydrogen-bond donors (Lipinski definition) is 1. The van der Waals surface area contributed by atoms with Crippen molar-refractivity contribution in [3.05, 3.63) is 35.4 Å². The number of amides is 2. The summed E-state index contributed by atoms with van der Waals surface area (Å²) in [6.45, 7) is 1.38.